The van der Waals surface area contributed by atoms with Gasteiger partial charge in [0.2, 0.25) is 0 Å². The zero-order valence-electron chi connectivity index (χ0n) is 36.4. The van der Waals surface area contributed by atoms with Crippen LogP contribution in [0.2, 0.25) is 0 Å². The molecule has 0 unspecified atom stereocenters. The Labute approximate surface area is 318 Å². The van der Waals surface area contributed by atoms with Crippen LogP contribution >= 0.6 is 0 Å². The molecule has 0 saturated heterocycles. The predicted molar refractivity (Wildman–Crippen MR) is 237 cm³/mol. The number of nitrogens with two attached hydrogens (primary N) is 9. The lowest BCUT2D eigenvalue weighted by molar-refractivity contribution is 0.612. The van der Waals surface area contributed by atoms with Gasteiger partial charge in [-0.15, -0.1) is 6.42 Å². The zero-order chi connectivity index (χ0) is 40.8. The average molecular weight is 724 g/mol. The highest BCUT2D eigenvalue weighted by Gasteiger charge is 1.86. The molecular weight excluding hydrogens is 619 g/mol. The Kier molecular flexibility index (Phi) is 147. The molecule has 9 heteroatoms. The Morgan fingerprint density at radius 1 is 0.360 bits per heavy atom. The SMILES string of the molecule is C#CCN.CC(C)N.CCCCCCCCN.CCCCCCCN.CCCCCCN.CCCCCN.CCCCN.CCCN.CCN. The fourth-order valence-corrected chi connectivity index (χ4v) is 2.84. The van der Waals surface area contributed by atoms with Crippen molar-refractivity contribution in [1.82, 2.24) is 0 Å². The molecule has 0 saturated carbocycles. The van der Waals surface area contributed by atoms with Crippen LogP contribution in [0.1, 0.15) is 197 Å². The van der Waals surface area contributed by atoms with Crippen molar-refractivity contribution in [2.24, 2.45) is 51.6 Å². The van der Waals surface area contributed by atoms with Gasteiger partial charge in [0, 0.05) is 0 Å². The van der Waals surface area contributed by atoms with E-state index in [2.05, 4.69) is 53.9 Å². The number of hydrogen-bond acceptors (Lipinski definition) is 9. The summed E-state index contributed by atoms with van der Waals surface area (Å²) in [5, 5.41) is 0. The van der Waals surface area contributed by atoms with Crippen molar-refractivity contribution in [3.05, 3.63) is 0 Å². The Hall–Kier alpha value is -0.800. The highest BCUT2D eigenvalue weighted by Crippen LogP contribution is 2.03. The molecule has 314 valence electrons. The van der Waals surface area contributed by atoms with Crippen LogP contribution in [-0.4, -0.2) is 58.4 Å². The van der Waals surface area contributed by atoms with Crippen LogP contribution in [0.3, 0.4) is 0 Å². The second-order valence-corrected chi connectivity index (χ2v) is 12.1. The van der Waals surface area contributed by atoms with Gasteiger partial charge in [-0.25, -0.2) is 0 Å². The maximum absolute atomic E-state index is 5.34. The van der Waals surface area contributed by atoms with Crippen molar-refractivity contribution in [2.75, 3.05) is 52.4 Å². The molecule has 0 heterocycles. The fraction of sp³-hybridized carbons (Fsp3) is 0.951. The summed E-state index contributed by atoms with van der Waals surface area (Å²) in [5.74, 6) is 2.21. The fourth-order valence-electron chi connectivity index (χ4n) is 2.84. The predicted octanol–water partition coefficient (Wildman–Crippen LogP) is 7.88. The van der Waals surface area contributed by atoms with Gasteiger partial charge in [0.1, 0.15) is 0 Å². The molecule has 0 aromatic carbocycles. The van der Waals surface area contributed by atoms with Gasteiger partial charge in [-0.2, -0.15) is 0 Å². The third kappa shape index (κ3) is 224. The van der Waals surface area contributed by atoms with E-state index in [1.54, 1.807) is 0 Å². The van der Waals surface area contributed by atoms with Crippen LogP contribution in [0, 0.1) is 12.3 Å². The first-order chi connectivity index (χ1) is 24.0. The normalized spacial score (nSPS) is 8.68. The molecule has 0 rings (SSSR count). The quantitative estimate of drug-likeness (QED) is 0.0413. The molecule has 0 atom stereocenters. The summed E-state index contributed by atoms with van der Waals surface area (Å²) in [4.78, 5) is 0. The molecular formula is C41H105N9. The van der Waals surface area contributed by atoms with E-state index >= 15 is 0 Å². The van der Waals surface area contributed by atoms with Gasteiger partial charge in [0.05, 0.1) is 6.54 Å². The van der Waals surface area contributed by atoms with E-state index in [0.717, 1.165) is 52.2 Å². The van der Waals surface area contributed by atoms with Crippen molar-refractivity contribution in [3.8, 4) is 12.3 Å². The van der Waals surface area contributed by atoms with Gasteiger partial charge in [0.15, 0.2) is 0 Å². The summed E-state index contributed by atoms with van der Waals surface area (Å²) < 4.78 is 0. The largest absolute Gasteiger partial charge is 0.331 e. The minimum atomic E-state index is 0.333. The summed E-state index contributed by atoms with van der Waals surface area (Å²) in [5.41, 5.74) is 46.1. The lowest BCUT2D eigenvalue weighted by Crippen LogP contribution is -2.06. The number of rotatable bonds is 21. The molecule has 0 amide bonds. The molecule has 0 bridgehead atoms. The maximum Gasteiger partial charge on any atom is 0.0548 e. The lowest BCUT2D eigenvalue weighted by atomic mass is 10.1. The molecule has 0 aliphatic heterocycles. The van der Waals surface area contributed by atoms with Crippen LogP contribution in [0.5, 0.6) is 0 Å². The van der Waals surface area contributed by atoms with E-state index in [9.17, 15) is 0 Å². The molecule has 0 aliphatic carbocycles. The van der Waals surface area contributed by atoms with Crippen LogP contribution in [0.15, 0.2) is 0 Å². The van der Waals surface area contributed by atoms with Crippen molar-refractivity contribution >= 4 is 0 Å². The van der Waals surface area contributed by atoms with Gasteiger partial charge >= 0.3 is 0 Å². The van der Waals surface area contributed by atoms with Gasteiger partial charge in [-0.05, 0) is 90.4 Å². The first-order valence-electron chi connectivity index (χ1n) is 20.8. The Morgan fingerprint density at radius 3 is 0.660 bits per heavy atom. The van der Waals surface area contributed by atoms with E-state index in [1.165, 1.54) is 128 Å². The molecule has 18 N–H and O–H groups in total. The zero-order valence-corrected chi connectivity index (χ0v) is 36.4. The first-order valence-corrected chi connectivity index (χ1v) is 20.8. The second-order valence-electron chi connectivity index (χ2n) is 12.1. The summed E-state index contributed by atoms with van der Waals surface area (Å²) in [7, 11) is 0. The summed E-state index contributed by atoms with van der Waals surface area (Å²) in [6.07, 6.45) is 31.7. The molecule has 50 heavy (non-hydrogen) atoms. The minimum absolute atomic E-state index is 0.333. The Bertz CT molecular complexity index is 395. The highest BCUT2D eigenvalue weighted by molar-refractivity contribution is 4.83. The Balaban J connectivity index is -0.0000000552. The van der Waals surface area contributed by atoms with Crippen molar-refractivity contribution in [1.29, 1.82) is 0 Å². The molecule has 0 spiro atoms. The standard InChI is InChI=1S/C8H19N.C7H17N.C6H15N.C5H13N.C4H11N.2C3H9N.C3H5N.C2H7N/c1-2-3-4-5-6-7-8-9;1-2-3-4-5-6-7-8;1-2-3-4-5-6-7;1-2-3-4-5-6;1-2-3-4-5;1-3(2)4;2*1-2-3-4;1-2-3/h2-9H2,1H3;2-8H2,1H3;2-7H2,1H3;2-6H2,1H3;2-5H2,1H3;3H,4H2,1-2H3;2-4H2,1H3;1H,3-4H2;2-3H2,1H3. The van der Waals surface area contributed by atoms with E-state index < -0.39 is 0 Å². The first kappa shape index (κ1) is 70.7. The van der Waals surface area contributed by atoms with Crippen LogP contribution in [0.4, 0.5) is 0 Å². The van der Waals surface area contributed by atoms with E-state index in [1.807, 2.05) is 20.8 Å². The van der Waals surface area contributed by atoms with Gasteiger partial charge in [-0.1, -0.05) is 165 Å². The van der Waals surface area contributed by atoms with Gasteiger partial charge in [-0.3, -0.25) is 0 Å². The van der Waals surface area contributed by atoms with Crippen LogP contribution < -0.4 is 51.6 Å². The Morgan fingerprint density at radius 2 is 0.520 bits per heavy atom. The third-order valence-corrected chi connectivity index (χ3v) is 5.69. The molecule has 0 radical (unpaired) electrons. The monoisotopic (exact) mass is 724 g/mol. The van der Waals surface area contributed by atoms with Gasteiger partial charge in [0.25, 0.3) is 0 Å². The van der Waals surface area contributed by atoms with Crippen molar-refractivity contribution < 1.29 is 0 Å². The second kappa shape index (κ2) is 104. The molecule has 0 aromatic heterocycles. The highest BCUT2D eigenvalue weighted by atomic mass is 14.6. The maximum atomic E-state index is 5.34. The summed E-state index contributed by atoms with van der Waals surface area (Å²) >= 11 is 0. The number of unbranched alkanes of at least 4 members (excludes halogenated alkanes) is 15. The molecule has 0 fully saturated rings. The van der Waals surface area contributed by atoms with Crippen LogP contribution in [0.25, 0.3) is 0 Å². The van der Waals surface area contributed by atoms with Gasteiger partial charge < -0.3 is 51.6 Å². The number of hydrogen-bond donors (Lipinski definition) is 9. The number of terminal acetylenes is 1. The topological polar surface area (TPSA) is 234 Å². The van der Waals surface area contributed by atoms with Crippen LogP contribution in [-0.2, 0) is 0 Å². The van der Waals surface area contributed by atoms with E-state index in [4.69, 9.17) is 51.6 Å². The minimum Gasteiger partial charge on any atom is -0.331 e. The van der Waals surface area contributed by atoms with E-state index in [0.29, 0.717) is 12.6 Å². The van der Waals surface area contributed by atoms with Crippen molar-refractivity contribution in [2.45, 2.75) is 203 Å². The molecule has 9 nitrogen and oxygen atoms in total. The average Bonchev–Trinajstić information content (AvgIpc) is 3.11. The molecule has 0 aliphatic rings. The van der Waals surface area contributed by atoms with Crippen molar-refractivity contribution in [3.63, 3.8) is 0 Å². The summed E-state index contributed by atoms with van der Waals surface area (Å²) in [6.45, 7) is 25.0. The summed E-state index contributed by atoms with van der Waals surface area (Å²) in [6, 6.07) is 0.333. The smallest absolute Gasteiger partial charge is 0.0548 e. The third-order valence-electron chi connectivity index (χ3n) is 5.69. The lowest BCUT2D eigenvalue weighted by Gasteiger charge is -1.96. The van der Waals surface area contributed by atoms with E-state index in [-0.39, 0.29) is 0 Å². The molecule has 0 aromatic rings.